The summed E-state index contributed by atoms with van der Waals surface area (Å²) in [4.78, 5) is 18.7. The van der Waals surface area contributed by atoms with E-state index in [9.17, 15) is 4.79 Å². The van der Waals surface area contributed by atoms with Gasteiger partial charge in [-0.05, 0) is 41.2 Å². The zero-order valence-electron chi connectivity index (χ0n) is 16.8. The Balaban J connectivity index is 1.40. The number of amides is 2. The van der Waals surface area contributed by atoms with E-state index in [4.69, 9.17) is 4.74 Å². The number of rotatable bonds is 7. The van der Waals surface area contributed by atoms with Gasteiger partial charge in [0.2, 0.25) is 0 Å². The summed E-state index contributed by atoms with van der Waals surface area (Å²) >= 11 is 0. The second kappa shape index (κ2) is 10.1. The van der Waals surface area contributed by atoms with Crippen LogP contribution in [0, 0.1) is 0 Å². The van der Waals surface area contributed by atoms with Crippen LogP contribution in [0.25, 0.3) is 0 Å². The molecule has 0 atom stereocenters. The molecule has 28 heavy (non-hydrogen) atoms. The molecule has 0 bridgehead atoms. The summed E-state index contributed by atoms with van der Waals surface area (Å²) in [7, 11) is 0. The van der Waals surface area contributed by atoms with Gasteiger partial charge >= 0.3 is 6.03 Å². The molecular weight excluding hydrogens is 352 g/mol. The Morgan fingerprint density at radius 1 is 1.11 bits per heavy atom. The lowest BCUT2D eigenvalue weighted by Gasteiger charge is -2.28. The molecule has 2 heterocycles. The topological polar surface area (TPSA) is 66.5 Å². The first-order valence-corrected chi connectivity index (χ1v) is 10.00. The van der Waals surface area contributed by atoms with Crippen LogP contribution in [0.15, 0.2) is 42.6 Å². The van der Waals surface area contributed by atoms with Gasteiger partial charge in [0, 0.05) is 32.4 Å². The van der Waals surface area contributed by atoms with Crippen molar-refractivity contribution in [3.8, 4) is 0 Å². The molecule has 1 aliphatic rings. The Bertz CT molecular complexity index is 755. The Morgan fingerprint density at radius 2 is 1.86 bits per heavy atom. The average molecular weight is 383 g/mol. The van der Waals surface area contributed by atoms with Gasteiger partial charge in [0.25, 0.3) is 0 Å². The molecule has 3 rings (SSSR count). The summed E-state index contributed by atoms with van der Waals surface area (Å²) in [5.74, 6) is 1.47. The van der Waals surface area contributed by atoms with Crippen LogP contribution in [0.1, 0.15) is 36.5 Å². The van der Waals surface area contributed by atoms with Gasteiger partial charge in [-0.25, -0.2) is 9.78 Å². The smallest absolute Gasteiger partial charge is 0.315 e. The molecule has 1 saturated heterocycles. The number of nitrogens with one attached hydrogen (secondary N) is 2. The van der Waals surface area contributed by atoms with Crippen molar-refractivity contribution in [1.29, 1.82) is 0 Å². The van der Waals surface area contributed by atoms with E-state index in [2.05, 4.69) is 58.6 Å². The predicted octanol–water partition coefficient (Wildman–Crippen LogP) is 3.08. The highest BCUT2D eigenvalue weighted by Crippen LogP contribution is 2.15. The van der Waals surface area contributed by atoms with Crippen molar-refractivity contribution in [3.05, 3.63) is 59.3 Å². The Kier molecular flexibility index (Phi) is 7.25. The summed E-state index contributed by atoms with van der Waals surface area (Å²) in [5.41, 5.74) is 3.60. The number of nitrogens with zero attached hydrogens (tertiary/aromatic N) is 2. The van der Waals surface area contributed by atoms with Crippen LogP contribution >= 0.6 is 0 Å². The number of carbonyl (C=O) groups excluding carboxylic acids is 1. The van der Waals surface area contributed by atoms with Crippen LogP contribution in [-0.4, -0.2) is 43.9 Å². The molecule has 1 aliphatic heterocycles. The summed E-state index contributed by atoms with van der Waals surface area (Å²) in [6.45, 7) is 8.63. The third kappa shape index (κ3) is 5.96. The fourth-order valence-corrected chi connectivity index (χ4v) is 3.17. The first-order valence-electron chi connectivity index (χ1n) is 10.00. The zero-order valence-corrected chi connectivity index (χ0v) is 16.8. The van der Waals surface area contributed by atoms with Gasteiger partial charge in [-0.2, -0.15) is 0 Å². The summed E-state index contributed by atoms with van der Waals surface area (Å²) in [5, 5.41) is 5.84. The van der Waals surface area contributed by atoms with Crippen molar-refractivity contribution in [2.75, 3.05) is 37.7 Å². The van der Waals surface area contributed by atoms with Gasteiger partial charge in [0.1, 0.15) is 5.82 Å². The summed E-state index contributed by atoms with van der Waals surface area (Å²) in [6.07, 6.45) is 2.61. The van der Waals surface area contributed by atoms with E-state index in [0.29, 0.717) is 19.0 Å². The molecule has 1 aromatic heterocycles. The van der Waals surface area contributed by atoms with Crippen molar-refractivity contribution in [1.82, 2.24) is 15.6 Å². The minimum absolute atomic E-state index is 0.150. The lowest BCUT2D eigenvalue weighted by Crippen LogP contribution is -2.37. The molecule has 6 heteroatoms. The maximum absolute atomic E-state index is 12.1. The third-order valence-corrected chi connectivity index (χ3v) is 4.94. The van der Waals surface area contributed by atoms with Gasteiger partial charge in [-0.3, -0.25) is 0 Å². The number of urea groups is 1. The second-order valence-electron chi connectivity index (χ2n) is 7.38. The van der Waals surface area contributed by atoms with E-state index in [1.807, 2.05) is 12.1 Å². The Labute approximate surface area is 167 Å². The van der Waals surface area contributed by atoms with E-state index < -0.39 is 0 Å². The molecule has 0 aliphatic carbocycles. The highest BCUT2D eigenvalue weighted by Gasteiger charge is 2.12. The molecule has 0 unspecified atom stereocenters. The zero-order chi connectivity index (χ0) is 19.8. The predicted molar refractivity (Wildman–Crippen MR) is 112 cm³/mol. The number of carbonyl (C=O) groups is 1. The van der Waals surface area contributed by atoms with Gasteiger partial charge in [-0.1, -0.05) is 38.1 Å². The second-order valence-corrected chi connectivity index (χ2v) is 7.38. The molecule has 2 amide bonds. The van der Waals surface area contributed by atoms with Crippen molar-refractivity contribution in [2.24, 2.45) is 0 Å². The van der Waals surface area contributed by atoms with Crippen LogP contribution in [-0.2, 0) is 17.7 Å². The molecule has 2 N–H and O–H groups in total. The summed E-state index contributed by atoms with van der Waals surface area (Å²) in [6, 6.07) is 12.4. The Morgan fingerprint density at radius 3 is 2.57 bits per heavy atom. The molecular formula is C22H30N4O2. The quantitative estimate of drug-likeness (QED) is 0.772. The van der Waals surface area contributed by atoms with Crippen LogP contribution < -0.4 is 15.5 Å². The molecule has 1 aromatic carbocycles. The Hall–Kier alpha value is -2.60. The average Bonchev–Trinajstić information content (AvgIpc) is 2.73. The number of ether oxygens (including phenoxy) is 1. The number of anilines is 1. The monoisotopic (exact) mass is 382 g/mol. The van der Waals surface area contributed by atoms with Crippen LogP contribution in [0.5, 0.6) is 0 Å². The molecule has 0 spiro atoms. The SMILES string of the molecule is CC(C)c1ccc(CCNC(=O)NCc2ccnc(N3CCOCC3)c2)cc1. The third-order valence-electron chi connectivity index (χ3n) is 4.94. The van der Waals surface area contributed by atoms with Crippen molar-refractivity contribution in [2.45, 2.75) is 32.7 Å². The number of morpholine rings is 1. The summed E-state index contributed by atoms with van der Waals surface area (Å²) < 4.78 is 5.38. The molecule has 6 nitrogen and oxygen atoms in total. The molecule has 1 fully saturated rings. The molecule has 0 saturated carbocycles. The van der Waals surface area contributed by atoms with Gasteiger partial charge < -0.3 is 20.3 Å². The lowest BCUT2D eigenvalue weighted by molar-refractivity contribution is 0.122. The largest absolute Gasteiger partial charge is 0.378 e. The fourth-order valence-electron chi connectivity index (χ4n) is 3.17. The number of pyridine rings is 1. The standard InChI is InChI=1S/C22H30N4O2/c1-17(2)20-5-3-18(4-6-20)7-10-24-22(27)25-16-19-8-9-23-21(15-19)26-11-13-28-14-12-26/h3-6,8-9,15,17H,7,10-14,16H2,1-2H3,(H2,24,25,27). The van der Waals surface area contributed by atoms with Crippen molar-refractivity contribution < 1.29 is 9.53 Å². The lowest BCUT2D eigenvalue weighted by atomic mass is 10.0. The minimum atomic E-state index is -0.150. The number of hydrogen-bond donors (Lipinski definition) is 2. The maximum atomic E-state index is 12.1. The highest BCUT2D eigenvalue weighted by molar-refractivity contribution is 5.73. The van der Waals surface area contributed by atoms with E-state index >= 15 is 0 Å². The van der Waals surface area contributed by atoms with E-state index in [1.165, 1.54) is 11.1 Å². The van der Waals surface area contributed by atoms with Gasteiger partial charge in [0.05, 0.1) is 13.2 Å². The number of hydrogen-bond acceptors (Lipinski definition) is 4. The maximum Gasteiger partial charge on any atom is 0.315 e. The highest BCUT2D eigenvalue weighted by atomic mass is 16.5. The van der Waals surface area contributed by atoms with Gasteiger partial charge in [-0.15, -0.1) is 0 Å². The molecule has 150 valence electrons. The fraction of sp³-hybridized carbons (Fsp3) is 0.455. The molecule has 0 radical (unpaired) electrons. The van der Waals surface area contributed by atoms with Crippen LogP contribution in [0.2, 0.25) is 0 Å². The normalized spacial score (nSPS) is 14.2. The minimum Gasteiger partial charge on any atom is -0.378 e. The number of aromatic nitrogens is 1. The first kappa shape index (κ1) is 20.1. The van der Waals surface area contributed by atoms with Crippen molar-refractivity contribution >= 4 is 11.8 Å². The number of benzene rings is 1. The van der Waals surface area contributed by atoms with E-state index in [0.717, 1.165) is 44.1 Å². The molecule has 2 aromatic rings. The van der Waals surface area contributed by atoms with E-state index in [1.54, 1.807) is 6.20 Å². The van der Waals surface area contributed by atoms with Crippen LogP contribution in [0.3, 0.4) is 0 Å². The van der Waals surface area contributed by atoms with Crippen molar-refractivity contribution in [3.63, 3.8) is 0 Å². The van der Waals surface area contributed by atoms with E-state index in [-0.39, 0.29) is 6.03 Å². The van der Waals surface area contributed by atoms with Gasteiger partial charge in [0.15, 0.2) is 0 Å². The first-order chi connectivity index (χ1) is 13.6. The van der Waals surface area contributed by atoms with Crippen LogP contribution in [0.4, 0.5) is 10.6 Å².